The van der Waals surface area contributed by atoms with Crippen molar-refractivity contribution in [2.75, 3.05) is 32.9 Å². The van der Waals surface area contributed by atoms with Gasteiger partial charge in [-0.1, -0.05) is 0 Å². The average Bonchev–Trinajstić information content (AvgIpc) is 3.12. The van der Waals surface area contributed by atoms with Crippen molar-refractivity contribution < 1.29 is 9.84 Å². The van der Waals surface area contributed by atoms with Gasteiger partial charge in [0, 0.05) is 30.7 Å². The topological polar surface area (TPSA) is 44.7 Å². The van der Waals surface area contributed by atoms with E-state index in [2.05, 4.69) is 24.1 Å². The summed E-state index contributed by atoms with van der Waals surface area (Å²) in [6.45, 7) is 8.32. The zero-order chi connectivity index (χ0) is 12.3. The van der Waals surface area contributed by atoms with E-state index in [4.69, 9.17) is 4.74 Å². The van der Waals surface area contributed by atoms with Crippen LogP contribution in [-0.4, -0.2) is 60.5 Å². The molecule has 100 valence electrons. The van der Waals surface area contributed by atoms with Crippen LogP contribution in [0.25, 0.3) is 0 Å². The molecular formula is C13H26N2O2. The quantitative estimate of drug-likeness (QED) is 0.716. The molecule has 0 bridgehead atoms. The molecule has 2 rings (SSSR count). The Morgan fingerprint density at radius 2 is 2.24 bits per heavy atom. The Balaban J connectivity index is 1.77. The van der Waals surface area contributed by atoms with Crippen molar-refractivity contribution in [3.63, 3.8) is 0 Å². The van der Waals surface area contributed by atoms with Crippen LogP contribution in [0.1, 0.15) is 33.1 Å². The molecule has 1 aliphatic heterocycles. The normalized spacial score (nSPS) is 30.2. The zero-order valence-corrected chi connectivity index (χ0v) is 11.1. The molecule has 2 fully saturated rings. The summed E-state index contributed by atoms with van der Waals surface area (Å²) in [6.07, 6.45) is 3.54. The van der Waals surface area contributed by atoms with Crippen LogP contribution in [0.4, 0.5) is 0 Å². The van der Waals surface area contributed by atoms with Gasteiger partial charge in [-0.05, 0) is 33.1 Å². The van der Waals surface area contributed by atoms with Gasteiger partial charge in [-0.2, -0.15) is 0 Å². The summed E-state index contributed by atoms with van der Waals surface area (Å²) < 4.78 is 5.44. The molecule has 2 unspecified atom stereocenters. The molecule has 2 atom stereocenters. The van der Waals surface area contributed by atoms with Gasteiger partial charge < -0.3 is 15.2 Å². The average molecular weight is 242 g/mol. The van der Waals surface area contributed by atoms with Crippen molar-refractivity contribution in [1.29, 1.82) is 0 Å². The van der Waals surface area contributed by atoms with Gasteiger partial charge in [0.2, 0.25) is 0 Å². The van der Waals surface area contributed by atoms with Gasteiger partial charge in [0.1, 0.15) is 0 Å². The van der Waals surface area contributed by atoms with Crippen LogP contribution in [0.3, 0.4) is 0 Å². The van der Waals surface area contributed by atoms with Crippen molar-refractivity contribution in [2.45, 2.75) is 50.7 Å². The number of nitrogens with one attached hydrogen (secondary N) is 1. The summed E-state index contributed by atoms with van der Waals surface area (Å²) in [5.74, 6) is 0. The van der Waals surface area contributed by atoms with Gasteiger partial charge in [0.05, 0.1) is 19.8 Å². The first-order valence-corrected chi connectivity index (χ1v) is 6.83. The fourth-order valence-corrected chi connectivity index (χ4v) is 2.40. The number of hydrogen-bond acceptors (Lipinski definition) is 4. The fraction of sp³-hybridized carbons (Fsp3) is 1.00. The Kier molecular flexibility index (Phi) is 4.42. The summed E-state index contributed by atoms with van der Waals surface area (Å²) in [5.41, 5.74) is -0.112. The lowest BCUT2D eigenvalue weighted by Gasteiger charge is -2.37. The van der Waals surface area contributed by atoms with Gasteiger partial charge >= 0.3 is 0 Å². The maximum Gasteiger partial charge on any atom is 0.0619 e. The van der Waals surface area contributed by atoms with Crippen molar-refractivity contribution in [2.24, 2.45) is 0 Å². The lowest BCUT2D eigenvalue weighted by atomic mass is 9.98. The van der Waals surface area contributed by atoms with Gasteiger partial charge in [-0.3, -0.25) is 4.90 Å². The first-order chi connectivity index (χ1) is 8.13. The minimum atomic E-state index is -0.112. The maximum atomic E-state index is 9.55. The van der Waals surface area contributed by atoms with E-state index in [1.165, 1.54) is 12.8 Å². The third-order valence-electron chi connectivity index (χ3n) is 3.93. The number of aliphatic hydroxyl groups is 1. The van der Waals surface area contributed by atoms with E-state index >= 15 is 0 Å². The Bertz CT molecular complexity index is 246. The van der Waals surface area contributed by atoms with Crippen LogP contribution in [0.5, 0.6) is 0 Å². The van der Waals surface area contributed by atoms with Crippen molar-refractivity contribution >= 4 is 0 Å². The summed E-state index contributed by atoms with van der Waals surface area (Å²) in [6, 6.07) is 1.15. The first kappa shape index (κ1) is 13.3. The predicted molar refractivity (Wildman–Crippen MR) is 68.1 cm³/mol. The molecule has 2 aliphatic rings. The molecule has 0 radical (unpaired) electrons. The lowest BCUT2D eigenvalue weighted by molar-refractivity contribution is -0.00565. The van der Waals surface area contributed by atoms with Crippen LogP contribution >= 0.6 is 0 Å². The number of rotatable bonds is 6. The zero-order valence-electron chi connectivity index (χ0n) is 11.1. The largest absolute Gasteiger partial charge is 0.394 e. The predicted octanol–water partition coefficient (Wildman–Crippen LogP) is 0.600. The molecule has 1 heterocycles. The molecule has 0 spiro atoms. The summed E-state index contributed by atoms with van der Waals surface area (Å²) >= 11 is 0. The minimum absolute atomic E-state index is 0.112. The molecule has 17 heavy (non-hydrogen) atoms. The second-order valence-corrected chi connectivity index (χ2v) is 5.85. The number of ether oxygens (including phenoxy) is 1. The van der Waals surface area contributed by atoms with Crippen molar-refractivity contribution in [3.8, 4) is 0 Å². The van der Waals surface area contributed by atoms with Crippen LogP contribution in [-0.2, 0) is 4.74 Å². The van der Waals surface area contributed by atoms with Crippen LogP contribution in [0.15, 0.2) is 0 Å². The van der Waals surface area contributed by atoms with E-state index in [0.29, 0.717) is 12.1 Å². The summed E-state index contributed by atoms with van der Waals surface area (Å²) in [5, 5.41) is 13.1. The van der Waals surface area contributed by atoms with E-state index in [1.54, 1.807) is 0 Å². The second-order valence-electron chi connectivity index (χ2n) is 5.85. The number of aliphatic hydroxyl groups excluding tert-OH is 1. The molecule has 4 nitrogen and oxygen atoms in total. The Labute approximate surface area is 104 Å². The minimum Gasteiger partial charge on any atom is -0.394 e. The molecule has 0 aromatic rings. The fourth-order valence-electron chi connectivity index (χ4n) is 2.40. The SMILES string of the molecule is CC1COCCN1CCC(C)(CO)NC1CC1. The third-order valence-corrected chi connectivity index (χ3v) is 3.93. The molecule has 2 N–H and O–H groups in total. The highest BCUT2D eigenvalue weighted by Crippen LogP contribution is 2.24. The molecule has 0 amide bonds. The lowest BCUT2D eigenvalue weighted by Crippen LogP contribution is -2.51. The van der Waals surface area contributed by atoms with Gasteiger partial charge in [-0.15, -0.1) is 0 Å². The highest BCUT2D eigenvalue weighted by Gasteiger charge is 2.32. The molecule has 0 aromatic heterocycles. The van der Waals surface area contributed by atoms with E-state index in [9.17, 15) is 5.11 Å². The number of nitrogens with zero attached hydrogens (tertiary/aromatic N) is 1. The standard InChI is InChI=1S/C13H26N2O2/c1-11-9-17-8-7-15(11)6-5-13(2,10-16)14-12-3-4-12/h11-12,14,16H,3-10H2,1-2H3. The molecule has 4 heteroatoms. The smallest absolute Gasteiger partial charge is 0.0619 e. The van der Waals surface area contributed by atoms with Crippen LogP contribution < -0.4 is 5.32 Å². The van der Waals surface area contributed by atoms with Crippen LogP contribution in [0.2, 0.25) is 0 Å². The molecule has 1 saturated carbocycles. The molecular weight excluding hydrogens is 216 g/mol. The number of morpholine rings is 1. The van der Waals surface area contributed by atoms with Gasteiger partial charge in [0.25, 0.3) is 0 Å². The van der Waals surface area contributed by atoms with Gasteiger partial charge in [-0.25, -0.2) is 0 Å². The van der Waals surface area contributed by atoms with Crippen LogP contribution in [0, 0.1) is 0 Å². The second kappa shape index (κ2) is 5.65. The van der Waals surface area contributed by atoms with Crippen molar-refractivity contribution in [3.05, 3.63) is 0 Å². The monoisotopic (exact) mass is 242 g/mol. The van der Waals surface area contributed by atoms with E-state index in [0.717, 1.165) is 32.7 Å². The van der Waals surface area contributed by atoms with Crippen molar-refractivity contribution in [1.82, 2.24) is 10.2 Å². The highest BCUT2D eigenvalue weighted by atomic mass is 16.5. The molecule has 1 saturated heterocycles. The number of hydrogen-bond donors (Lipinski definition) is 2. The summed E-state index contributed by atoms with van der Waals surface area (Å²) in [7, 11) is 0. The summed E-state index contributed by atoms with van der Waals surface area (Å²) in [4.78, 5) is 2.46. The molecule has 1 aliphatic carbocycles. The first-order valence-electron chi connectivity index (χ1n) is 6.83. The Morgan fingerprint density at radius 3 is 2.82 bits per heavy atom. The van der Waals surface area contributed by atoms with E-state index in [1.807, 2.05) is 0 Å². The van der Waals surface area contributed by atoms with E-state index in [-0.39, 0.29) is 12.1 Å². The Hall–Kier alpha value is -0.160. The highest BCUT2D eigenvalue weighted by molar-refractivity contribution is 4.93. The Morgan fingerprint density at radius 1 is 1.47 bits per heavy atom. The van der Waals surface area contributed by atoms with E-state index < -0.39 is 0 Å². The molecule has 0 aromatic carbocycles. The van der Waals surface area contributed by atoms with Gasteiger partial charge in [0.15, 0.2) is 0 Å². The maximum absolute atomic E-state index is 9.55. The third kappa shape index (κ3) is 3.91.